The molecule has 0 saturated carbocycles. The van der Waals surface area contributed by atoms with Gasteiger partial charge < -0.3 is 14.2 Å². The van der Waals surface area contributed by atoms with E-state index < -0.39 is 6.10 Å². The molecule has 0 aromatic rings. The molecule has 0 N–H and O–H groups in total. The van der Waals surface area contributed by atoms with Crippen LogP contribution >= 0.6 is 0 Å². The molecule has 1 unspecified atom stereocenters. The molecule has 0 amide bonds. The molecule has 6 nitrogen and oxygen atoms in total. The molecule has 0 aromatic carbocycles. The van der Waals surface area contributed by atoms with Crippen LogP contribution in [0.3, 0.4) is 0 Å². The van der Waals surface area contributed by atoms with E-state index in [2.05, 4.69) is 69.4 Å². The maximum atomic E-state index is 12.8. The van der Waals surface area contributed by atoms with Gasteiger partial charge in [0.2, 0.25) is 0 Å². The molecule has 0 saturated heterocycles. The highest BCUT2D eigenvalue weighted by Gasteiger charge is 2.19. The summed E-state index contributed by atoms with van der Waals surface area (Å²) in [5.41, 5.74) is 0. The van der Waals surface area contributed by atoms with E-state index in [1.807, 2.05) is 72.9 Å². The molecule has 0 aliphatic heterocycles. The largest absolute Gasteiger partial charge is 0.462 e. The van der Waals surface area contributed by atoms with Crippen LogP contribution in [0.5, 0.6) is 0 Å². The number of carbonyl (C=O) groups is 3. The summed E-state index contributed by atoms with van der Waals surface area (Å²) in [6.07, 6.45) is 77.5. The molecule has 0 rings (SSSR count). The number of unbranched alkanes of at least 4 members (excludes halogenated alkanes) is 25. The Labute approximate surface area is 424 Å². The fourth-order valence-corrected chi connectivity index (χ4v) is 7.41. The number of ether oxygens (including phenoxy) is 3. The van der Waals surface area contributed by atoms with Crippen LogP contribution in [0.4, 0.5) is 0 Å². The van der Waals surface area contributed by atoms with E-state index in [9.17, 15) is 14.4 Å². The van der Waals surface area contributed by atoms with E-state index in [4.69, 9.17) is 14.2 Å². The Morgan fingerprint density at radius 3 is 0.957 bits per heavy atom. The van der Waals surface area contributed by atoms with Crippen molar-refractivity contribution in [3.63, 3.8) is 0 Å². The van der Waals surface area contributed by atoms with Gasteiger partial charge in [-0.05, 0) is 89.9 Å². The zero-order valence-electron chi connectivity index (χ0n) is 44.5. The molecule has 390 valence electrons. The van der Waals surface area contributed by atoms with Crippen LogP contribution in [-0.2, 0) is 28.6 Å². The maximum absolute atomic E-state index is 12.8. The second-order valence-electron chi connectivity index (χ2n) is 18.3. The minimum atomic E-state index is -0.815. The third kappa shape index (κ3) is 54.6. The molecule has 6 heteroatoms. The van der Waals surface area contributed by atoms with Crippen molar-refractivity contribution in [3.05, 3.63) is 122 Å². The van der Waals surface area contributed by atoms with E-state index in [0.717, 1.165) is 103 Å². The first-order chi connectivity index (χ1) is 34.0. The van der Waals surface area contributed by atoms with E-state index in [0.29, 0.717) is 19.3 Å². The zero-order valence-corrected chi connectivity index (χ0v) is 44.5. The van der Waals surface area contributed by atoms with Gasteiger partial charge in [0.25, 0.3) is 0 Å². The van der Waals surface area contributed by atoms with Crippen molar-refractivity contribution in [1.29, 1.82) is 0 Å². The quantitative estimate of drug-likeness (QED) is 0.0199. The lowest BCUT2D eigenvalue weighted by Crippen LogP contribution is -2.30. The van der Waals surface area contributed by atoms with Crippen LogP contribution in [0.25, 0.3) is 0 Å². The average Bonchev–Trinajstić information content (AvgIpc) is 3.35. The highest BCUT2D eigenvalue weighted by atomic mass is 16.6. The van der Waals surface area contributed by atoms with Crippen molar-refractivity contribution in [2.75, 3.05) is 13.2 Å². The average molecular weight is 956 g/mol. The van der Waals surface area contributed by atoms with Crippen molar-refractivity contribution < 1.29 is 28.6 Å². The van der Waals surface area contributed by atoms with Gasteiger partial charge in [-0.3, -0.25) is 14.4 Å². The molecule has 0 aromatic heterocycles. The first-order valence-electron chi connectivity index (χ1n) is 28.2. The second kappa shape index (κ2) is 56.4. The summed E-state index contributed by atoms with van der Waals surface area (Å²) in [5, 5.41) is 0. The summed E-state index contributed by atoms with van der Waals surface area (Å²) in [4.78, 5) is 38.1. The van der Waals surface area contributed by atoms with Crippen LogP contribution in [0.15, 0.2) is 122 Å². The number of hydrogen-bond acceptors (Lipinski definition) is 6. The minimum Gasteiger partial charge on any atom is -0.462 e. The predicted molar refractivity (Wildman–Crippen MR) is 297 cm³/mol. The summed E-state index contributed by atoms with van der Waals surface area (Å²) in [5.74, 6) is -0.988. The van der Waals surface area contributed by atoms with E-state index in [-0.39, 0.29) is 31.1 Å². The summed E-state index contributed by atoms with van der Waals surface area (Å²) in [6, 6.07) is 0. The summed E-state index contributed by atoms with van der Waals surface area (Å²) in [6.45, 7) is 6.41. The molecule has 0 aliphatic carbocycles. The SMILES string of the molecule is CC\C=C/C=C\C=C/C=C\C=C\C=C/C=C\CCCCCC(=O)OCC(COC(=O)CCCCC/C=C\CCCCCCCCC)OC(=O)CCCCCCC/C=C\C=C/CCCCCCCCC. The minimum absolute atomic E-state index is 0.110. The third-order valence-electron chi connectivity index (χ3n) is 11.6. The monoisotopic (exact) mass is 955 g/mol. The number of carbonyl (C=O) groups excluding carboxylic acids is 3. The molecule has 0 heterocycles. The van der Waals surface area contributed by atoms with Gasteiger partial charge >= 0.3 is 17.9 Å². The van der Waals surface area contributed by atoms with Gasteiger partial charge in [0.15, 0.2) is 6.10 Å². The van der Waals surface area contributed by atoms with Gasteiger partial charge in [0, 0.05) is 19.3 Å². The van der Waals surface area contributed by atoms with Gasteiger partial charge in [-0.15, -0.1) is 0 Å². The van der Waals surface area contributed by atoms with Gasteiger partial charge in [0.05, 0.1) is 0 Å². The molecule has 69 heavy (non-hydrogen) atoms. The summed E-state index contributed by atoms with van der Waals surface area (Å²) in [7, 11) is 0. The van der Waals surface area contributed by atoms with Crippen molar-refractivity contribution >= 4 is 17.9 Å². The van der Waals surface area contributed by atoms with Gasteiger partial charge in [0.1, 0.15) is 13.2 Å². The highest BCUT2D eigenvalue weighted by molar-refractivity contribution is 5.71. The topological polar surface area (TPSA) is 78.9 Å². The summed E-state index contributed by atoms with van der Waals surface area (Å²) >= 11 is 0. The second-order valence-corrected chi connectivity index (χ2v) is 18.3. The van der Waals surface area contributed by atoms with E-state index >= 15 is 0 Å². The third-order valence-corrected chi connectivity index (χ3v) is 11.6. The van der Waals surface area contributed by atoms with E-state index in [1.165, 1.54) is 96.3 Å². The van der Waals surface area contributed by atoms with Gasteiger partial charge in [-0.1, -0.05) is 251 Å². The molecule has 0 fully saturated rings. The maximum Gasteiger partial charge on any atom is 0.306 e. The fourth-order valence-electron chi connectivity index (χ4n) is 7.41. The first-order valence-corrected chi connectivity index (χ1v) is 28.2. The molecular formula is C63H102O6. The molecule has 0 radical (unpaired) electrons. The Balaban J connectivity index is 4.55. The Hall–Kier alpha value is -4.19. The standard InChI is InChI=1S/C63H102O6/c1-4-7-10-13-16-19-22-25-28-30-32-34-35-38-41-44-47-50-53-56-62(65)68-59-60(58-67-61(64)55-52-49-46-43-40-37-27-24-21-18-15-12-9-6-3)69-63(66)57-54-51-48-45-42-39-36-33-31-29-26-23-20-17-14-11-8-5-2/h7,10,13,16,19,22,25,28-38,40-41,60H,4-6,8-9,11-12,14-15,17-18,20-21,23-24,26-27,39,42-59H2,1-3H3/b10-7-,16-13-,22-19-,28-25-,31-29-,32-30+,35-34-,36-33-,40-37-,41-38-. The van der Waals surface area contributed by atoms with Crippen molar-refractivity contribution in [2.24, 2.45) is 0 Å². The lowest BCUT2D eigenvalue weighted by atomic mass is 10.1. The Kier molecular flexibility index (Phi) is 53.0. The lowest BCUT2D eigenvalue weighted by molar-refractivity contribution is -0.167. The van der Waals surface area contributed by atoms with Crippen molar-refractivity contribution in [2.45, 2.75) is 245 Å². The molecule has 0 spiro atoms. The van der Waals surface area contributed by atoms with Gasteiger partial charge in [-0.25, -0.2) is 0 Å². The summed E-state index contributed by atoms with van der Waals surface area (Å²) < 4.78 is 16.8. The first kappa shape index (κ1) is 64.8. The Morgan fingerprint density at radius 1 is 0.304 bits per heavy atom. The molecule has 0 bridgehead atoms. The van der Waals surface area contributed by atoms with Crippen molar-refractivity contribution in [1.82, 2.24) is 0 Å². The van der Waals surface area contributed by atoms with Crippen LogP contribution in [0, 0.1) is 0 Å². The van der Waals surface area contributed by atoms with Crippen molar-refractivity contribution in [3.8, 4) is 0 Å². The Bertz CT molecular complexity index is 1470. The fraction of sp³-hybridized carbons (Fsp3) is 0.635. The molecule has 0 aliphatic rings. The molecule has 1 atom stereocenters. The normalized spacial score (nSPS) is 13.0. The van der Waals surface area contributed by atoms with E-state index in [1.54, 1.807) is 0 Å². The number of hydrogen-bond donors (Lipinski definition) is 0. The highest BCUT2D eigenvalue weighted by Crippen LogP contribution is 2.13. The van der Waals surface area contributed by atoms with Crippen LogP contribution in [0.2, 0.25) is 0 Å². The smallest absolute Gasteiger partial charge is 0.306 e. The predicted octanol–water partition coefficient (Wildman–Crippen LogP) is 18.9. The van der Waals surface area contributed by atoms with Crippen LogP contribution < -0.4 is 0 Å². The Morgan fingerprint density at radius 2 is 0.580 bits per heavy atom. The number of esters is 3. The number of allylic oxidation sites excluding steroid dienone is 20. The van der Waals surface area contributed by atoms with Crippen LogP contribution in [0.1, 0.15) is 239 Å². The molecular weight excluding hydrogens is 853 g/mol. The lowest BCUT2D eigenvalue weighted by Gasteiger charge is -2.18. The van der Waals surface area contributed by atoms with Gasteiger partial charge in [-0.2, -0.15) is 0 Å². The van der Waals surface area contributed by atoms with Crippen LogP contribution in [-0.4, -0.2) is 37.2 Å². The number of rotatable bonds is 49. The zero-order chi connectivity index (χ0) is 50.0.